The second-order valence-corrected chi connectivity index (χ2v) is 7.91. The van der Waals surface area contributed by atoms with Crippen molar-refractivity contribution in [3.63, 3.8) is 0 Å². The molecule has 2 fully saturated rings. The van der Waals surface area contributed by atoms with Crippen LogP contribution in [0.3, 0.4) is 0 Å². The Balaban J connectivity index is 1.43. The van der Waals surface area contributed by atoms with Gasteiger partial charge in [0.05, 0.1) is 6.26 Å². The molecule has 0 saturated carbocycles. The van der Waals surface area contributed by atoms with E-state index in [-0.39, 0.29) is 11.8 Å². The van der Waals surface area contributed by atoms with Gasteiger partial charge in [-0.3, -0.25) is 9.59 Å². The molecule has 4 heterocycles. The van der Waals surface area contributed by atoms with Gasteiger partial charge in [-0.15, -0.1) is 0 Å². The number of rotatable bonds is 3. The standard InChI is InChI=1S/C21H27N5O3/c1-15-5-3-7-26(14-15)19-13-17(22-16(2)23-19)20(27)24-8-10-25(11-9-24)21(28)18-6-4-12-29-18/h4,6,12-13,15H,3,5,7-11,14H2,1-2H3. The molecule has 0 aromatic carbocycles. The number of hydrogen-bond donors (Lipinski definition) is 0. The van der Waals surface area contributed by atoms with Crippen molar-refractivity contribution in [1.82, 2.24) is 19.8 Å². The largest absolute Gasteiger partial charge is 0.459 e. The molecule has 0 aliphatic carbocycles. The molecule has 0 radical (unpaired) electrons. The maximum Gasteiger partial charge on any atom is 0.289 e. The lowest BCUT2D eigenvalue weighted by Crippen LogP contribution is -2.50. The van der Waals surface area contributed by atoms with Crippen LogP contribution in [0.5, 0.6) is 0 Å². The van der Waals surface area contributed by atoms with Crippen LogP contribution in [0.15, 0.2) is 28.9 Å². The van der Waals surface area contributed by atoms with Crippen LogP contribution in [0.2, 0.25) is 0 Å². The lowest BCUT2D eigenvalue weighted by Gasteiger charge is -2.34. The number of carbonyl (C=O) groups is 2. The van der Waals surface area contributed by atoms with Gasteiger partial charge >= 0.3 is 0 Å². The maximum absolute atomic E-state index is 13.1. The average Bonchev–Trinajstić information content (AvgIpc) is 3.27. The molecule has 2 amide bonds. The van der Waals surface area contributed by atoms with Gasteiger partial charge < -0.3 is 19.1 Å². The number of furan rings is 1. The third-order valence-electron chi connectivity index (χ3n) is 5.61. The molecule has 2 aromatic heterocycles. The van der Waals surface area contributed by atoms with Gasteiger partial charge in [-0.25, -0.2) is 9.97 Å². The highest BCUT2D eigenvalue weighted by atomic mass is 16.3. The molecular weight excluding hydrogens is 370 g/mol. The second-order valence-electron chi connectivity index (χ2n) is 7.91. The minimum atomic E-state index is -0.138. The topological polar surface area (TPSA) is 82.8 Å². The zero-order valence-corrected chi connectivity index (χ0v) is 17.0. The molecule has 8 nitrogen and oxygen atoms in total. The van der Waals surface area contributed by atoms with Gasteiger partial charge in [0.2, 0.25) is 0 Å². The molecule has 2 aliphatic heterocycles. The number of nitrogens with zero attached hydrogens (tertiary/aromatic N) is 5. The summed E-state index contributed by atoms with van der Waals surface area (Å²) in [5.74, 6) is 2.15. The smallest absolute Gasteiger partial charge is 0.289 e. The lowest BCUT2D eigenvalue weighted by molar-refractivity contribution is 0.0515. The van der Waals surface area contributed by atoms with Gasteiger partial charge in [0.15, 0.2) is 5.76 Å². The number of piperidine rings is 1. The molecule has 2 aliphatic rings. The van der Waals surface area contributed by atoms with Gasteiger partial charge in [-0.1, -0.05) is 6.92 Å². The van der Waals surface area contributed by atoms with E-state index in [0.29, 0.717) is 49.4 Å². The molecular formula is C21H27N5O3. The highest BCUT2D eigenvalue weighted by Crippen LogP contribution is 2.22. The fraction of sp³-hybridized carbons (Fsp3) is 0.524. The minimum Gasteiger partial charge on any atom is -0.459 e. The third kappa shape index (κ3) is 4.26. The summed E-state index contributed by atoms with van der Waals surface area (Å²) in [6.07, 6.45) is 3.86. The van der Waals surface area contributed by atoms with Crippen LogP contribution in [0, 0.1) is 12.8 Å². The number of piperazine rings is 1. The van der Waals surface area contributed by atoms with Gasteiger partial charge in [0.1, 0.15) is 17.3 Å². The Hall–Kier alpha value is -2.90. The summed E-state index contributed by atoms with van der Waals surface area (Å²) in [6.45, 7) is 7.90. The summed E-state index contributed by atoms with van der Waals surface area (Å²) >= 11 is 0. The number of carbonyl (C=O) groups excluding carboxylic acids is 2. The van der Waals surface area contributed by atoms with Crippen LogP contribution in [0.25, 0.3) is 0 Å². The number of aryl methyl sites for hydroxylation is 1. The van der Waals surface area contributed by atoms with Crippen molar-refractivity contribution >= 4 is 17.6 Å². The van der Waals surface area contributed by atoms with Crippen molar-refractivity contribution in [2.24, 2.45) is 5.92 Å². The van der Waals surface area contributed by atoms with Gasteiger partial charge in [-0.2, -0.15) is 0 Å². The summed E-state index contributed by atoms with van der Waals surface area (Å²) in [5, 5.41) is 0. The molecule has 1 unspecified atom stereocenters. The number of amides is 2. The van der Waals surface area contributed by atoms with Crippen molar-refractivity contribution in [1.29, 1.82) is 0 Å². The Morgan fingerprint density at radius 2 is 1.79 bits per heavy atom. The van der Waals surface area contributed by atoms with E-state index in [2.05, 4.69) is 21.8 Å². The first kappa shape index (κ1) is 19.4. The van der Waals surface area contributed by atoms with Crippen molar-refractivity contribution < 1.29 is 14.0 Å². The number of hydrogen-bond acceptors (Lipinski definition) is 6. The van der Waals surface area contributed by atoms with E-state index in [0.717, 1.165) is 25.3 Å². The highest BCUT2D eigenvalue weighted by molar-refractivity contribution is 5.94. The van der Waals surface area contributed by atoms with Crippen LogP contribution in [0.1, 0.15) is 46.6 Å². The quantitative estimate of drug-likeness (QED) is 0.790. The summed E-state index contributed by atoms with van der Waals surface area (Å²) < 4.78 is 5.19. The maximum atomic E-state index is 13.1. The second kappa shape index (κ2) is 8.23. The predicted octanol–water partition coefficient (Wildman–Crippen LogP) is 2.21. The molecule has 0 N–H and O–H groups in total. The Bertz CT molecular complexity index is 874. The van der Waals surface area contributed by atoms with Gasteiger partial charge in [0, 0.05) is 45.3 Å². The zero-order chi connectivity index (χ0) is 20.4. The van der Waals surface area contributed by atoms with E-state index >= 15 is 0 Å². The van der Waals surface area contributed by atoms with Crippen LogP contribution in [-0.4, -0.2) is 70.9 Å². The van der Waals surface area contributed by atoms with Crippen LogP contribution >= 0.6 is 0 Å². The van der Waals surface area contributed by atoms with Crippen LogP contribution < -0.4 is 4.90 Å². The lowest BCUT2D eigenvalue weighted by atomic mass is 10.0. The molecule has 8 heteroatoms. The number of aromatic nitrogens is 2. The molecule has 0 bridgehead atoms. The fourth-order valence-electron chi connectivity index (χ4n) is 4.05. The Kier molecular flexibility index (Phi) is 5.51. The SMILES string of the molecule is Cc1nc(C(=O)N2CCN(C(=O)c3ccco3)CC2)cc(N2CCCC(C)C2)n1. The van der Waals surface area contributed by atoms with Gasteiger partial charge in [0.25, 0.3) is 11.8 Å². The van der Waals surface area contributed by atoms with E-state index in [1.54, 1.807) is 21.9 Å². The van der Waals surface area contributed by atoms with Crippen molar-refractivity contribution in [3.05, 3.63) is 41.7 Å². The molecule has 29 heavy (non-hydrogen) atoms. The first-order valence-corrected chi connectivity index (χ1v) is 10.2. The summed E-state index contributed by atoms with van der Waals surface area (Å²) in [6, 6.07) is 5.17. The number of anilines is 1. The first-order chi connectivity index (χ1) is 14.0. The molecule has 2 saturated heterocycles. The molecule has 4 rings (SSSR count). The van der Waals surface area contributed by atoms with E-state index in [4.69, 9.17) is 4.42 Å². The fourth-order valence-corrected chi connectivity index (χ4v) is 4.05. The molecule has 0 spiro atoms. The summed E-state index contributed by atoms with van der Waals surface area (Å²) in [5.41, 5.74) is 0.427. The van der Waals surface area contributed by atoms with Crippen molar-refractivity contribution in [2.75, 3.05) is 44.2 Å². The van der Waals surface area contributed by atoms with Crippen molar-refractivity contribution in [3.8, 4) is 0 Å². The van der Waals surface area contributed by atoms with Gasteiger partial charge in [-0.05, 0) is 37.8 Å². The minimum absolute atomic E-state index is 0.105. The third-order valence-corrected chi connectivity index (χ3v) is 5.61. The van der Waals surface area contributed by atoms with E-state index < -0.39 is 0 Å². The molecule has 154 valence electrons. The Morgan fingerprint density at radius 3 is 2.45 bits per heavy atom. The Labute approximate surface area is 170 Å². The van der Waals surface area contributed by atoms with Crippen molar-refractivity contribution in [2.45, 2.75) is 26.7 Å². The molecule has 2 aromatic rings. The van der Waals surface area contributed by atoms with E-state index in [1.165, 1.54) is 12.7 Å². The predicted molar refractivity (Wildman–Crippen MR) is 108 cm³/mol. The first-order valence-electron chi connectivity index (χ1n) is 10.2. The van der Waals surface area contributed by atoms with E-state index in [9.17, 15) is 9.59 Å². The molecule has 1 atom stereocenters. The Morgan fingerprint density at radius 1 is 1.07 bits per heavy atom. The average molecular weight is 397 g/mol. The van der Waals surface area contributed by atoms with E-state index in [1.807, 2.05) is 13.0 Å². The zero-order valence-electron chi connectivity index (χ0n) is 17.0. The normalized spacial score (nSPS) is 20.1. The van der Waals surface area contributed by atoms with Crippen LogP contribution in [-0.2, 0) is 0 Å². The monoisotopic (exact) mass is 397 g/mol. The van der Waals surface area contributed by atoms with Crippen LogP contribution in [0.4, 0.5) is 5.82 Å². The summed E-state index contributed by atoms with van der Waals surface area (Å²) in [7, 11) is 0. The highest BCUT2D eigenvalue weighted by Gasteiger charge is 2.28. The summed E-state index contributed by atoms with van der Waals surface area (Å²) in [4.78, 5) is 40.1.